The number of hydrogen-bond donors (Lipinski definition) is 5. The minimum absolute atomic E-state index is 0.0352. The first-order valence-corrected chi connectivity index (χ1v) is 20.3. The molecule has 6 N–H and O–H groups in total. The summed E-state index contributed by atoms with van der Waals surface area (Å²) < 4.78 is 0. The number of hydrogen-bond acceptors (Lipinski definition) is 7. The molecule has 2 unspecified atom stereocenters. The number of nitrogens with two attached hydrogens (primary N) is 1. The highest BCUT2D eigenvalue weighted by atomic mass is 32.2. The van der Waals surface area contributed by atoms with Gasteiger partial charge in [0.05, 0.1) is 16.9 Å². The van der Waals surface area contributed by atoms with E-state index in [2.05, 4.69) is 33.2 Å². The summed E-state index contributed by atoms with van der Waals surface area (Å²) in [7, 11) is 3.48. The van der Waals surface area contributed by atoms with E-state index in [9.17, 15) is 19.2 Å². The molecule has 0 aromatic rings. The van der Waals surface area contributed by atoms with Gasteiger partial charge in [-0.2, -0.15) is 0 Å². The first-order chi connectivity index (χ1) is 23.7. The Balaban J connectivity index is 1.26. The third kappa shape index (κ3) is 14.8. The second kappa shape index (κ2) is 22.4. The van der Waals surface area contributed by atoms with Crippen LogP contribution < -0.4 is 27.0 Å². The summed E-state index contributed by atoms with van der Waals surface area (Å²) in [5, 5.41) is 12.1. The van der Waals surface area contributed by atoms with Crippen LogP contribution in [0.3, 0.4) is 0 Å². The van der Waals surface area contributed by atoms with E-state index < -0.39 is 12.0 Å². The number of carbonyl (C=O) groups excluding carboxylic acids is 4. The van der Waals surface area contributed by atoms with Crippen molar-refractivity contribution in [1.82, 2.24) is 21.3 Å². The molecule has 3 aliphatic carbocycles. The highest BCUT2D eigenvalue weighted by molar-refractivity contribution is 8.04. The van der Waals surface area contributed by atoms with E-state index in [-0.39, 0.29) is 35.2 Å². The zero-order chi connectivity index (χ0) is 35.5. The molecule has 2 amide bonds. The number of allylic oxidation sites excluding steroid dienone is 2. The Labute approximate surface area is 300 Å². The van der Waals surface area contributed by atoms with Crippen molar-refractivity contribution in [3.8, 4) is 0 Å². The number of rotatable bonds is 17. The van der Waals surface area contributed by atoms with Gasteiger partial charge in [0.1, 0.15) is 0 Å². The Bertz CT molecular complexity index is 1110. The van der Waals surface area contributed by atoms with Gasteiger partial charge in [-0.05, 0) is 88.0 Å². The molecule has 49 heavy (non-hydrogen) atoms. The van der Waals surface area contributed by atoms with Crippen molar-refractivity contribution in [2.24, 2.45) is 33.9 Å². The summed E-state index contributed by atoms with van der Waals surface area (Å²) in [6.45, 7) is 4.27. The molecule has 2 saturated carbocycles. The second-order valence-corrected chi connectivity index (χ2v) is 16.1. The molecule has 0 radical (unpaired) electrons. The first kappa shape index (κ1) is 41.0. The lowest BCUT2D eigenvalue weighted by Gasteiger charge is -2.31. The van der Waals surface area contributed by atoms with Crippen LogP contribution in [0.25, 0.3) is 0 Å². The molecule has 0 saturated heterocycles. The topological polar surface area (TPSA) is 155 Å². The minimum Gasteiger partial charge on any atom is -0.359 e. The van der Waals surface area contributed by atoms with Crippen LogP contribution in [0, 0.1) is 23.2 Å². The minimum atomic E-state index is -0.607. The monoisotopic (exact) mass is 702 g/mol. The third-order valence-corrected chi connectivity index (χ3v) is 12.0. The normalized spacial score (nSPS) is 24.1. The van der Waals surface area contributed by atoms with E-state index in [1.54, 1.807) is 14.1 Å². The number of nitrogens with zero attached hydrogens (tertiary/aromatic N) is 1. The molecular formula is C38H66N6O4S. The van der Waals surface area contributed by atoms with Gasteiger partial charge < -0.3 is 27.0 Å². The van der Waals surface area contributed by atoms with E-state index in [0.29, 0.717) is 48.0 Å². The van der Waals surface area contributed by atoms with Crippen molar-refractivity contribution < 1.29 is 19.2 Å². The van der Waals surface area contributed by atoms with Crippen LogP contribution in [0.5, 0.6) is 0 Å². The van der Waals surface area contributed by atoms with Gasteiger partial charge in [0.2, 0.25) is 11.8 Å². The molecule has 0 heterocycles. The fraction of sp³-hybridized carbons (Fsp3) is 0.816. The largest absolute Gasteiger partial charge is 0.359 e. The first-order valence-electron chi connectivity index (χ1n) is 19.3. The molecule has 10 nitrogen and oxygen atoms in total. The smallest absolute Gasteiger partial charge is 0.236 e. The molecule has 0 bridgehead atoms. The third-order valence-electron chi connectivity index (χ3n) is 11.0. The van der Waals surface area contributed by atoms with Gasteiger partial charge in [0, 0.05) is 45.4 Å². The molecule has 0 spiro atoms. The molecule has 2 fully saturated rings. The Hall–Kier alpha value is -2.40. The number of Topliss-reactive ketones (excluding diaryl/α,β-unsaturated/α-hetero) is 1. The zero-order valence-corrected chi connectivity index (χ0v) is 31.5. The molecule has 11 heteroatoms. The van der Waals surface area contributed by atoms with Crippen molar-refractivity contribution in [2.75, 3.05) is 39.5 Å². The number of guanidine groups is 1. The van der Waals surface area contributed by atoms with Crippen molar-refractivity contribution in [1.29, 1.82) is 0 Å². The summed E-state index contributed by atoms with van der Waals surface area (Å²) in [4.78, 5) is 55.6. The van der Waals surface area contributed by atoms with Crippen LogP contribution in [0.1, 0.15) is 129 Å². The van der Waals surface area contributed by atoms with E-state index in [4.69, 9.17) is 5.73 Å². The molecule has 3 aliphatic rings. The molecule has 0 aliphatic heterocycles. The van der Waals surface area contributed by atoms with Gasteiger partial charge in [0.15, 0.2) is 17.5 Å². The van der Waals surface area contributed by atoms with Crippen LogP contribution in [0.15, 0.2) is 16.0 Å². The van der Waals surface area contributed by atoms with E-state index >= 15 is 0 Å². The second-order valence-electron chi connectivity index (χ2n) is 15.0. The quantitative estimate of drug-likeness (QED) is 0.0584. The fourth-order valence-corrected chi connectivity index (χ4v) is 8.64. The van der Waals surface area contributed by atoms with Gasteiger partial charge in [-0.1, -0.05) is 58.3 Å². The van der Waals surface area contributed by atoms with Gasteiger partial charge in [0.25, 0.3) is 0 Å². The van der Waals surface area contributed by atoms with Gasteiger partial charge >= 0.3 is 0 Å². The highest BCUT2D eigenvalue weighted by Gasteiger charge is 2.37. The lowest BCUT2D eigenvalue weighted by Crippen LogP contribution is -2.42. The lowest BCUT2D eigenvalue weighted by atomic mass is 9.75. The van der Waals surface area contributed by atoms with E-state index in [0.717, 1.165) is 45.1 Å². The molecular weight excluding hydrogens is 637 g/mol. The zero-order valence-electron chi connectivity index (χ0n) is 30.7. The summed E-state index contributed by atoms with van der Waals surface area (Å²) in [5.74, 6) is 0.646. The average molecular weight is 703 g/mol. The summed E-state index contributed by atoms with van der Waals surface area (Å²) in [5.41, 5.74) is 6.49. The number of ketones is 2. The fourth-order valence-electron chi connectivity index (χ4n) is 7.73. The number of thioether (sulfide) groups is 1. The average Bonchev–Trinajstić information content (AvgIpc) is 3.36. The maximum Gasteiger partial charge on any atom is 0.236 e. The van der Waals surface area contributed by atoms with Crippen molar-refractivity contribution in [3.05, 3.63) is 11.0 Å². The summed E-state index contributed by atoms with van der Waals surface area (Å²) in [6, 6.07) is -0.605. The molecule has 278 valence electrons. The molecule has 0 aromatic heterocycles. The maximum atomic E-state index is 13.1. The predicted octanol–water partition coefficient (Wildman–Crippen LogP) is 5.40. The van der Waals surface area contributed by atoms with Crippen LogP contribution in [0.4, 0.5) is 0 Å². The Morgan fingerprint density at radius 3 is 2.22 bits per heavy atom. The number of unbranched alkanes of at least 4 members (excludes halogenated alkanes) is 1. The highest BCUT2D eigenvalue weighted by Crippen LogP contribution is 2.38. The van der Waals surface area contributed by atoms with Crippen molar-refractivity contribution in [2.45, 2.75) is 135 Å². The van der Waals surface area contributed by atoms with E-state index in [1.807, 2.05) is 0 Å². The summed E-state index contributed by atoms with van der Waals surface area (Å²) in [6.07, 6.45) is 22.6. The lowest BCUT2D eigenvalue weighted by molar-refractivity contribution is -0.128. The van der Waals surface area contributed by atoms with Crippen LogP contribution in [-0.2, 0) is 19.2 Å². The molecule has 3 rings (SSSR count). The van der Waals surface area contributed by atoms with Gasteiger partial charge in [-0.25, -0.2) is 0 Å². The number of aliphatic imine (C=N–C) groups is 1. The van der Waals surface area contributed by atoms with Crippen LogP contribution in [0.2, 0.25) is 0 Å². The number of carbonyl (C=O) groups is 4. The number of nitrogens with one attached hydrogen (secondary N) is 4. The van der Waals surface area contributed by atoms with Crippen LogP contribution in [-0.4, -0.2) is 74.9 Å². The van der Waals surface area contributed by atoms with Gasteiger partial charge in [-0.15, -0.1) is 11.8 Å². The summed E-state index contributed by atoms with van der Waals surface area (Å²) >= 11 is 1.32. The molecule has 2 atom stereocenters. The number of amides is 2. The Kier molecular flexibility index (Phi) is 18.8. The Morgan fingerprint density at radius 1 is 0.918 bits per heavy atom. The van der Waals surface area contributed by atoms with Crippen molar-refractivity contribution >= 4 is 41.1 Å². The van der Waals surface area contributed by atoms with Gasteiger partial charge in [-0.3, -0.25) is 24.2 Å². The standard InChI is InChI=1S/C38H66N6O4S/c1-38(19-9-7-5-4-6-8-10-20-38)21-11-12-22-42-35(47)29-17-15-28(16-18-29)26-30-32(45)27-33(34(30)46)49-25-24-43-36(48)31(39)14-13-23-44-37(40-2)41-3/h27-31H,4-26,39H2,1-3H3,(H,42,47)(H,43,48)(H2,40,41,44). The molecule has 0 aromatic carbocycles. The Morgan fingerprint density at radius 2 is 1.57 bits per heavy atom. The maximum absolute atomic E-state index is 13.1. The predicted molar refractivity (Wildman–Crippen MR) is 201 cm³/mol. The SMILES string of the molecule is C/N=C(/NC)NCCCC(N)C(=O)NCCSC1=CC(=O)C(CC2CCC(C(=O)NCCCCC3(C)CCCCCCCCC3)CC2)C1=O. The van der Waals surface area contributed by atoms with E-state index in [1.165, 1.54) is 88.5 Å². The van der Waals surface area contributed by atoms with Crippen LogP contribution >= 0.6 is 11.8 Å². The van der Waals surface area contributed by atoms with Crippen molar-refractivity contribution in [3.63, 3.8) is 0 Å².